The normalized spacial score (nSPS) is 55.5. The van der Waals surface area contributed by atoms with Crippen molar-refractivity contribution in [2.24, 2.45) is 11.7 Å². The van der Waals surface area contributed by atoms with Gasteiger partial charge in [0.2, 0.25) is 0 Å². The molecule has 1 aliphatic rings. The molecule has 1 saturated carbocycles. The zero-order chi connectivity index (χ0) is 4.78. The van der Waals surface area contributed by atoms with E-state index in [9.17, 15) is 0 Å². The van der Waals surface area contributed by atoms with Crippen LogP contribution in [-0.4, -0.2) is 5.54 Å². The van der Waals surface area contributed by atoms with Crippen LogP contribution in [0.3, 0.4) is 0 Å². The van der Waals surface area contributed by atoms with Crippen molar-refractivity contribution >= 4 is 0 Å². The van der Waals surface area contributed by atoms with E-state index in [-0.39, 0.29) is 5.54 Å². The van der Waals surface area contributed by atoms with Gasteiger partial charge in [-0.15, -0.1) is 0 Å². The smallest absolute Gasteiger partial charge is 0.0155 e. The van der Waals surface area contributed by atoms with Gasteiger partial charge in [-0.2, -0.15) is 0 Å². The molecule has 0 amide bonds. The van der Waals surface area contributed by atoms with E-state index in [0.717, 1.165) is 5.92 Å². The van der Waals surface area contributed by atoms with E-state index in [0.29, 0.717) is 0 Å². The van der Waals surface area contributed by atoms with Crippen molar-refractivity contribution in [3.8, 4) is 0 Å². The molecule has 0 aliphatic heterocycles. The highest BCUT2D eigenvalue weighted by Gasteiger charge is 2.42. The van der Waals surface area contributed by atoms with Crippen LogP contribution in [0.25, 0.3) is 0 Å². The third-order valence-electron chi connectivity index (χ3n) is 1.71. The van der Waals surface area contributed by atoms with Crippen molar-refractivity contribution in [3.05, 3.63) is 0 Å². The quantitative estimate of drug-likeness (QED) is 0.461. The monoisotopic (exact) mass is 85.1 g/mol. The Kier molecular flexibility index (Phi) is 0.539. The molecule has 0 spiro atoms. The Labute approximate surface area is 38.5 Å². The molecule has 0 radical (unpaired) electrons. The molecule has 0 bridgehead atoms. The van der Waals surface area contributed by atoms with E-state index in [4.69, 9.17) is 5.73 Å². The third kappa shape index (κ3) is 0.432. The third-order valence-corrected chi connectivity index (χ3v) is 1.71. The molecular weight excluding hydrogens is 74.1 g/mol. The van der Waals surface area contributed by atoms with Crippen LogP contribution < -0.4 is 5.73 Å². The van der Waals surface area contributed by atoms with E-state index in [1.165, 1.54) is 6.42 Å². The summed E-state index contributed by atoms with van der Waals surface area (Å²) >= 11 is 0. The second-order valence-corrected chi connectivity index (χ2v) is 2.61. The Morgan fingerprint density at radius 2 is 2.00 bits per heavy atom. The van der Waals surface area contributed by atoms with Crippen LogP contribution in [0, 0.1) is 5.92 Å². The van der Waals surface area contributed by atoms with E-state index in [1.54, 1.807) is 0 Å². The highest BCUT2D eigenvalue weighted by atomic mass is 14.8. The minimum atomic E-state index is 0.208. The average molecular weight is 85.2 g/mol. The molecule has 2 atom stereocenters. The molecule has 36 valence electrons. The van der Waals surface area contributed by atoms with Gasteiger partial charge in [0.15, 0.2) is 0 Å². The minimum absolute atomic E-state index is 0.208. The molecule has 0 unspecified atom stereocenters. The summed E-state index contributed by atoms with van der Waals surface area (Å²) in [6.45, 7) is 4.28. The predicted molar refractivity (Wildman–Crippen MR) is 26.4 cm³/mol. The van der Waals surface area contributed by atoms with Crippen LogP contribution >= 0.6 is 0 Å². The first kappa shape index (κ1) is 4.13. The number of nitrogens with two attached hydrogens (primary N) is 1. The van der Waals surface area contributed by atoms with Crippen molar-refractivity contribution in [1.29, 1.82) is 0 Å². The maximum Gasteiger partial charge on any atom is 0.0155 e. The molecule has 1 rings (SSSR count). The fourth-order valence-corrected chi connectivity index (χ4v) is 0.601. The summed E-state index contributed by atoms with van der Waals surface area (Å²) in [5.74, 6) is 0.775. The molecule has 1 heteroatoms. The van der Waals surface area contributed by atoms with Gasteiger partial charge in [-0.1, -0.05) is 6.92 Å². The summed E-state index contributed by atoms with van der Waals surface area (Å²) in [6.07, 6.45) is 1.22. The van der Waals surface area contributed by atoms with E-state index >= 15 is 0 Å². The fourth-order valence-electron chi connectivity index (χ4n) is 0.601. The van der Waals surface area contributed by atoms with Crippen LogP contribution in [0.5, 0.6) is 0 Å². The Bertz CT molecular complexity index is 66.3. The van der Waals surface area contributed by atoms with Crippen LogP contribution in [0.4, 0.5) is 0 Å². The standard InChI is InChI=1S/C5H11N/c1-4-3-5(4,2)6/h4H,3,6H2,1-2H3/t4-,5+/m0/s1. The van der Waals surface area contributed by atoms with Gasteiger partial charge < -0.3 is 5.73 Å². The summed E-state index contributed by atoms with van der Waals surface area (Å²) in [4.78, 5) is 0. The molecule has 1 aliphatic carbocycles. The zero-order valence-electron chi connectivity index (χ0n) is 4.36. The van der Waals surface area contributed by atoms with Crippen LogP contribution in [0.1, 0.15) is 20.3 Å². The molecule has 1 fully saturated rings. The largest absolute Gasteiger partial charge is 0.325 e. The van der Waals surface area contributed by atoms with Gasteiger partial charge in [-0.05, 0) is 19.3 Å². The highest BCUT2D eigenvalue weighted by molar-refractivity contribution is 5.00. The first-order valence-corrected chi connectivity index (χ1v) is 2.42. The summed E-state index contributed by atoms with van der Waals surface area (Å²) < 4.78 is 0. The van der Waals surface area contributed by atoms with E-state index < -0.39 is 0 Å². The lowest BCUT2D eigenvalue weighted by Gasteiger charge is -1.93. The predicted octanol–water partition coefficient (Wildman–Crippen LogP) is 0.744. The van der Waals surface area contributed by atoms with Crippen LogP contribution in [0.15, 0.2) is 0 Å². The molecule has 0 saturated heterocycles. The van der Waals surface area contributed by atoms with E-state index in [2.05, 4.69) is 13.8 Å². The molecule has 6 heavy (non-hydrogen) atoms. The SMILES string of the molecule is C[C@H]1C[C@@]1(C)N. The Morgan fingerprint density at radius 3 is 2.00 bits per heavy atom. The highest BCUT2D eigenvalue weighted by Crippen LogP contribution is 2.39. The molecule has 1 nitrogen and oxygen atoms in total. The first-order chi connectivity index (χ1) is 2.63. The Morgan fingerprint density at radius 1 is 1.83 bits per heavy atom. The second-order valence-electron chi connectivity index (χ2n) is 2.61. The lowest BCUT2D eigenvalue weighted by molar-refractivity contribution is 0.686. The van der Waals surface area contributed by atoms with Crippen molar-refractivity contribution in [2.45, 2.75) is 25.8 Å². The number of rotatable bonds is 0. The van der Waals surface area contributed by atoms with Crippen molar-refractivity contribution in [1.82, 2.24) is 0 Å². The Balaban J connectivity index is 2.41. The molecule has 0 aromatic rings. The maximum absolute atomic E-state index is 5.61. The summed E-state index contributed by atoms with van der Waals surface area (Å²) in [7, 11) is 0. The van der Waals surface area contributed by atoms with Gasteiger partial charge in [-0.25, -0.2) is 0 Å². The van der Waals surface area contributed by atoms with E-state index in [1.807, 2.05) is 0 Å². The van der Waals surface area contributed by atoms with Gasteiger partial charge in [0, 0.05) is 5.54 Å². The first-order valence-electron chi connectivity index (χ1n) is 2.42. The summed E-state index contributed by atoms with van der Waals surface area (Å²) in [6, 6.07) is 0. The van der Waals surface area contributed by atoms with Gasteiger partial charge in [-0.3, -0.25) is 0 Å². The van der Waals surface area contributed by atoms with Gasteiger partial charge in [0.05, 0.1) is 0 Å². The van der Waals surface area contributed by atoms with Crippen molar-refractivity contribution in [3.63, 3.8) is 0 Å². The zero-order valence-corrected chi connectivity index (χ0v) is 4.36. The number of hydrogen-bond donors (Lipinski definition) is 1. The minimum Gasteiger partial charge on any atom is -0.325 e. The topological polar surface area (TPSA) is 26.0 Å². The van der Waals surface area contributed by atoms with Gasteiger partial charge in [0.25, 0.3) is 0 Å². The summed E-state index contributed by atoms with van der Waals surface area (Å²) in [5.41, 5.74) is 5.82. The molecule has 2 N–H and O–H groups in total. The molecule has 0 aromatic carbocycles. The average Bonchev–Trinajstić information content (AvgIpc) is 1.73. The molecule has 0 aromatic heterocycles. The molecule has 0 heterocycles. The van der Waals surface area contributed by atoms with Crippen molar-refractivity contribution < 1.29 is 0 Å². The second kappa shape index (κ2) is 0.784. The molecular formula is C5H11N. The lowest BCUT2D eigenvalue weighted by Crippen LogP contribution is -2.18. The number of hydrogen-bond acceptors (Lipinski definition) is 1. The lowest BCUT2D eigenvalue weighted by atomic mass is 10.3. The van der Waals surface area contributed by atoms with Crippen LogP contribution in [0.2, 0.25) is 0 Å². The fraction of sp³-hybridized carbons (Fsp3) is 1.00. The Hall–Kier alpha value is -0.0400. The van der Waals surface area contributed by atoms with Gasteiger partial charge in [0.1, 0.15) is 0 Å². The summed E-state index contributed by atoms with van der Waals surface area (Å²) in [5, 5.41) is 0. The maximum atomic E-state index is 5.61. The van der Waals surface area contributed by atoms with Crippen LogP contribution in [-0.2, 0) is 0 Å². The van der Waals surface area contributed by atoms with Crippen molar-refractivity contribution in [2.75, 3.05) is 0 Å². The van der Waals surface area contributed by atoms with Gasteiger partial charge >= 0.3 is 0 Å².